The van der Waals surface area contributed by atoms with Crippen LogP contribution < -0.4 is 11.4 Å². The average Bonchev–Trinajstić information content (AvgIpc) is 2.34. The van der Waals surface area contributed by atoms with E-state index < -0.39 is 0 Å². The van der Waals surface area contributed by atoms with Gasteiger partial charge in [0.05, 0.1) is 11.3 Å². The van der Waals surface area contributed by atoms with E-state index in [2.05, 4.69) is 9.68 Å². The number of nitrogens with two attached hydrogens (primary N) is 1. The Bertz CT molecular complexity index is 298. The van der Waals surface area contributed by atoms with E-state index in [1.807, 2.05) is 13.8 Å². The lowest BCUT2D eigenvalue weighted by Gasteiger charge is -2.01. The summed E-state index contributed by atoms with van der Waals surface area (Å²) in [5, 5.41) is 2.62. The molecule has 1 rings (SSSR count). The molecule has 1 heterocycles. The van der Waals surface area contributed by atoms with Gasteiger partial charge in [0.25, 0.3) is 0 Å². The normalized spacial score (nSPS) is 11.0. The summed E-state index contributed by atoms with van der Waals surface area (Å²) in [5.74, 6) is 0.276. The van der Waals surface area contributed by atoms with Gasteiger partial charge in [-0.15, -0.1) is 0 Å². The molecule has 4 heteroatoms. The lowest BCUT2D eigenvalue weighted by atomic mass is 10.0. The van der Waals surface area contributed by atoms with Crippen LogP contribution in [0.15, 0.2) is 9.32 Å². The maximum absolute atomic E-state index is 11.1. The maximum Gasteiger partial charge on any atom is 0.360 e. The molecule has 0 aliphatic rings. The Labute approximate surface area is 70.7 Å². The molecular weight excluding hydrogens is 156 g/mol. The third kappa shape index (κ3) is 1.58. The van der Waals surface area contributed by atoms with E-state index in [0.29, 0.717) is 18.5 Å². The topological polar surface area (TPSA) is 72.0 Å². The minimum Gasteiger partial charge on any atom is -0.339 e. The van der Waals surface area contributed by atoms with Gasteiger partial charge in [0.2, 0.25) is 0 Å². The summed E-state index contributed by atoms with van der Waals surface area (Å²) in [5.41, 5.74) is 6.63. The molecule has 0 saturated heterocycles. The molecule has 0 aliphatic carbocycles. The van der Waals surface area contributed by atoms with E-state index >= 15 is 0 Å². The van der Waals surface area contributed by atoms with E-state index in [1.165, 1.54) is 0 Å². The molecule has 0 unspecified atom stereocenters. The average molecular weight is 170 g/mol. The van der Waals surface area contributed by atoms with Crippen molar-refractivity contribution >= 4 is 0 Å². The van der Waals surface area contributed by atoms with Gasteiger partial charge in [-0.2, -0.15) is 0 Å². The Hall–Kier alpha value is -1.03. The van der Waals surface area contributed by atoms with Crippen molar-refractivity contribution in [3.63, 3.8) is 0 Å². The van der Waals surface area contributed by atoms with E-state index in [4.69, 9.17) is 5.73 Å². The number of rotatable bonds is 3. The summed E-state index contributed by atoms with van der Waals surface area (Å²) < 4.78 is 4.67. The summed E-state index contributed by atoms with van der Waals surface area (Å²) in [6, 6.07) is 0. The molecule has 0 spiro atoms. The lowest BCUT2D eigenvalue weighted by Crippen LogP contribution is -2.11. The molecule has 0 atom stereocenters. The number of hydrogen-bond donors (Lipinski definition) is 2. The highest BCUT2D eigenvalue weighted by Crippen LogP contribution is 2.13. The molecule has 1 aromatic heterocycles. The van der Waals surface area contributed by atoms with Crippen molar-refractivity contribution < 1.29 is 4.52 Å². The van der Waals surface area contributed by atoms with Gasteiger partial charge in [0.15, 0.2) is 0 Å². The summed E-state index contributed by atoms with van der Waals surface area (Å²) in [6.07, 6.45) is 0.583. The van der Waals surface area contributed by atoms with Gasteiger partial charge in [-0.25, -0.2) is 9.95 Å². The van der Waals surface area contributed by atoms with Gasteiger partial charge < -0.3 is 10.3 Å². The second kappa shape index (κ2) is 3.58. The summed E-state index contributed by atoms with van der Waals surface area (Å²) in [6.45, 7) is 4.48. The first-order chi connectivity index (χ1) is 5.66. The summed E-state index contributed by atoms with van der Waals surface area (Å²) in [7, 11) is 0. The van der Waals surface area contributed by atoms with Crippen molar-refractivity contribution in [2.24, 2.45) is 5.73 Å². The highest BCUT2D eigenvalue weighted by molar-refractivity contribution is 5.18. The number of aromatic nitrogens is 1. The quantitative estimate of drug-likeness (QED) is 0.697. The molecule has 0 bridgehead atoms. The smallest absolute Gasteiger partial charge is 0.339 e. The predicted octanol–water partition coefficient (Wildman–Crippen LogP) is 0.593. The molecule has 1 aromatic rings. The largest absolute Gasteiger partial charge is 0.360 e. The zero-order valence-electron chi connectivity index (χ0n) is 7.39. The molecule has 0 fully saturated rings. The molecule has 12 heavy (non-hydrogen) atoms. The molecule has 68 valence electrons. The Kier molecular flexibility index (Phi) is 2.70. The first-order valence-corrected chi connectivity index (χ1v) is 4.07. The van der Waals surface area contributed by atoms with Gasteiger partial charge in [-0.1, -0.05) is 13.8 Å². The van der Waals surface area contributed by atoms with E-state index in [0.717, 1.165) is 5.69 Å². The molecular formula is C8H14N2O2. The number of nitrogens with one attached hydrogen (secondary N) is 1. The van der Waals surface area contributed by atoms with Crippen LogP contribution in [0.4, 0.5) is 0 Å². The second-order valence-electron chi connectivity index (χ2n) is 3.08. The summed E-state index contributed by atoms with van der Waals surface area (Å²) >= 11 is 0. The number of H-pyrrole nitrogens is 1. The Balaban J connectivity index is 3.04. The van der Waals surface area contributed by atoms with E-state index in [9.17, 15) is 4.79 Å². The minimum atomic E-state index is -0.288. The molecule has 3 N–H and O–H groups in total. The van der Waals surface area contributed by atoms with Gasteiger partial charge in [-0.05, 0) is 18.9 Å². The van der Waals surface area contributed by atoms with Crippen LogP contribution in [0.25, 0.3) is 0 Å². The molecule has 4 nitrogen and oxygen atoms in total. The Morgan fingerprint density at radius 2 is 2.25 bits per heavy atom. The Morgan fingerprint density at radius 1 is 1.58 bits per heavy atom. The van der Waals surface area contributed by atoms with Crippen molar-refractivity contribution in [1.29, 1.82) is 0 Å². The Morgan fingerprint density at radius 3 is 2.75 bits per heavy atom. The van der Waals surface area contributed by atoms with Crippen LogP contribution in [0.5, 0.6) is 0 Å². The SMILES string of the molecule is CC(C)c1[nH]oc(=O)c1CCN. The molecule has 0 amide bonds. The minimum absolute atomic E-state index is 0.276. The summed E-state index contributed by atoms with van der Waals surface area (Å²) in [4.78, 5) is 11.1. The molecule has 0 aromatic carbocycles. The van der Waals surface area contributed by atoms with E-state index in [-0.39, 0.29) is 11.5 Å². The molecule has 0 saturated carbocycles. The monoisotopic (exact) mass is 170 g/mol. The van der Waals surface area contributed by atoms with Crippen molar-refractivity contribution in [2.75, 3.05) is 6.54 Å². The predicted molar refractivity (Wildman–Crippen MR) is 46.2 cm³/mol. The van der Waals surface area contributed by atoms with Gasteiger partial charge >= 0.3 is 5.63 Å². The van der Waals surface area contributed by atoms with Crippen LogP contribution in [0.1, 0.15) is 31.0 Å². The molecule has 0 radical (unpaired) electrons. The third-order valence-corrected chi connectivity index (χ3v) is 1.80. The fourth-order valence-corrected chi connectivity index (χ4v) is 1.18. The van der Waals surface area contributed by atoms with Crippen LogP contribution >= 0.6 is 0 Å². The van der Waals surface area contributed by atoms with E-state index in [1.54, 1.807) is 0 Å². The van der Waals surface area contributed by atoms with Gasteiger partial charge in [0.1, 0.15) is 0 Å². The zero-order chi connectivity index (χ0) is 9.14. The van der Waals surface area contributed by atoms with Crippen LogP contribution in [-0.4, -0.2) is 11.7 Å². The van der Waals surface area contributed by atoms with Crippen LogP contribution in [0.2, 0.25) is 0 Å². The number of hydrogen-bond acceptors (Lipinski definition) is 3. The van der Waals surface area contributed by atoms with Gasteiger partial charge in [-0.3, -0.25) is 0 Å². The fraction of sp³-hybridized carbons (Fsp3) is 0.625. The second-order valence-corrected chi connectivity index (χ2v) is 3.08. The third-order valence-electron chi connectivity index (χ3n) is 1.80. The van der Waals surface area contributed by atoms with Crippen molar-refractivity contribution in [3.8, 4) is 0 Å². The zero-order valence-corrected chi connectivity index (χ0v) is 7.39. The highest BCUT2D eigenvalue weighted by atomic mass is 16.5. The van der Waals surface area contributed by atoms with Crippen molar-refractivity contribution in [3.05, 3.63) is 21.7 Å². The maximum atomic E-state index is 11.1. The van der Waals surface area contributed by atoms with Gasteiger partial charge in [0, 0.05) is 0 Å². The first-order valence-electron chi connectivity index (χ1n) is 4.07. The highest BCUT2D eigenvalue weighted by Gasteiger charge is 2.13. The van der Waals surface area contributed by atoms with Crippen molar-refractivity contribution in [2.45, 2.75) is 26.2 Å². The standard InChI is InChI=1S/C8H14N2O2/c1-5(2)7-6(3-4-9)8(11)12-10-7/h5,10H,3-4,9H2,1-2H3. The first kappa shape index (κ1) is 9.06. The van der Waals surface area contributed by atoms with Crippen LogP contribution in [0, 0.1) is 0 Å². The van der Waals surface area contributed by atoms with Crippen LogP contribution in [0.3, 0.4) is 0 Å². The van der Waals surface area contributed by atoms with Crippen molar-refractivity contribution in [1.82, 2.24) is 5.16 Å². The molecule has 0 aliphatic heterocycles. The fourth-order valence-electron chi connectivity index (χ4n) is 1.18. The number of aromatic amines is 1. The van der Waals surface area contributed by atoms with Crippen LogP contribution in [-0.2, 0) is 6.42 Å². The lowest BCUT2D eigenvalue weighted by molar-refractivity contribution is 0.381.